The Morgan fingerprint density at radius 3 is 1.44 bits per heavy atom. The lowest BCUT2D eigenvalue weighted by Crippen LogP contribution is -2.56. The van der Waals surface area contributed by atoms with E-state index in [0.29, 0.717) is 12.8 Å². The van der Waals surface area contributed by atoms with Crippen LogP contribution in [0.1, 0.15) is 128 Å². The molecule has 16 nitrogen and oxygen atoms in total. The van der Waals surface area contributed by atoms with Crippen molar-refractivity contribution in [1.29, 1.82) is 0 Å². The van der Waals surface area contributed by atoms with Gasteiger partial charge in [0.15, 0.2) is 0 Å². The Labute approximate surface area is 322 Å². The molecule has 54 heavy (non-hydrogen) atoms. The lowest BCUT2D eigenvalue weighted by Gasteiger charge is -2.31. The minimum absolute atomic E-state index is 0.0236. The molecule has 0 heterocycles. The summed E-state index contributed by atoms with van der Waals surface area (Å²) in [5.74, 6) is -3.67. The molecule has 16 heteroatoms. The molecule has 0 aromatic heterocycles. The van der Waals surface area contributed by atoms with Crippen LogP contribution in [-0.2, 0) is 33.6 Å². The lowest BCUT2D eigenvalue weighted by molar-refractivity contribution is -0.138. The van der Waals surface area contributed by atoms with Crippen LogP contribution >= 0.6 is 0 Å². The molecule has 0 unspecified atom stereocenters. The van der Waals surface area contributed by atoms with E-state index in [0.717, 1.165) is 0 Å². The van der Waals surface area contributed by atoms with Gasteiger partial charge < -0.3 is 47.8 Å². The highest BCUT2D eigenvalue weighted by molar-refractivity contribution is 5.85. The normalized spacial score (nSPS) is 16.5. The average molecular weight is 770 g/mol. The zero-order valence-electron chi connectivity index (χ0n) is 34.5. The predicted molar refractivity (Wildman–Crippen MR) is 207 cm³/mol. The quantitative estimate of drug-likeness (QED) is 0.0612. The Hall–Kier alpha value is -3.79. The highest BCUT2D eigenvalue weighted by atomic mass is 16.4. The second kappa shape index (κ2) is 24.6. The van der Waals surface area contributed by atoms with E-state index in [2.05, 4.69) is 31.9 Å². The largest absolute Gasteiger partial charge is 0.481 e. The molecule has 0 aliphatic heterocycles. The van der Waals surface area contributed by atoms with Crippen molar-refractivity contribution in [3.63, 3.8) is 0 Å². The van der Waals surface area contributed by atoms with Crippen LogP contribution in [0, 0.1) is 23.7 Å². The molecule has 6 amide bonds. The molecule has 312 valence electrons. The Morgan fingerprint density at radius 2 is 1.02 bits per heavy atom. The van der Waals surface area contributed by atoms with Crippen LogP contribution in [0.4, 0.5) is 0 Å². The number of hydrogen-bond donors (Lipinski definition) is 9. The molecule has 10 N–H and O–H groups in total. The molecule has 0 saturated heterocycles. The molecule has 8 atom stereocenters. The molecular weight excluding hydrogens is 698 g/mol. The number of aliphatic hydroxyl groups is 1. The number of carboxylic acid groups (broad SMARTS) is 1. The molecular formula is C38H71N7O9. The number of carbonyl (C=O) groups excluding carboxylic acids is 6. The number of amides is 6. The smallest absolute Gasteiger partial charge is 0.305 e. The van der Waals surface area contributed by atoms with Gasteiger partial charge >= 0.3 is 5.97 Å². The van der Waals surface area contributed by atoms with Gasteiger partial charge in [0.25, 0.3) is 0 Å². The maximum atomic E-state index is 13.2. The number of carbonyl (C=O) groups is 7. The van der Waals surface area contributed by atoms with Crippen molar-refractivity contribution >= 4 is 41.4 Å². The fourth-order valence-electron chi connectivity index (χ4n) is 5.87. The Kier molecular flexibility index (Phi) is 22.9. The topological polar surface area (TPSA) is 258 Å². The van der Waals surface area contributed by atoms with Crippen LogP contribution in [0.2, 0.25) is 0 Å². The molecule has 0 rings (SSSR count). The first-order valence-electron chi connectivity index (χ1n) is 19.2. The first kappa shape index (κ1) is 50.2. The molecule has 0 aliphatic carbocycles. The van der Waals surface area contributed by atoms with E-state index in [1.807, 2.05) is 41.5 Å². The third kappa shape index (κ3) is 22.4. The standard InChI is InChI=1S/C38H71N7O9/c1-21(2)12-28(43-31(47)14-24(7)40-34(50)18-30(39)23(5)6)16-33(49)42-27(10)26(9)37(54)45-38(11,20-46)19-35(51)41-25(8)15-32(48)44-29(13-22(3)4)17-36(52)53/h21-30,46H,12-20,39H2,1-11H3,(H,40,50)(H,41,51)(H,42,49)(H,43,47)(H,44,48)(H,45,54)(H,52,53)/t24-,25-,26-,27-,28-,29-,30-,38-/m0/s1. The number of hydrogen-bond acceptors (Lipinski definition) is 9. The average Bonchev–Trinajstić information content (AvgIpc) is 2.98. The minimum Gasteiger partial charge on any atom is -0.481 e. The van der Waals surface area contributed by atoms with Gasteiger partial charge in [-0.05, 0) is 58.3 Å². The van der Waals surface area contributed by atoms with Crippen molar-refractivity contribution < 1.29 is 43.8 Å². The first-order valence-corrected chi connectivity index (χ1v) is 19.2. The van der Waals surface area contributed by atoms with E-state index in [4.69, 9.17) is 10.8 Å². The van der Waals surface area contributed by atoms with Crippen molar-refractivity contribution in [3.8, 4) is 0 Å². The van der Waals surface area contributed by atoms with Crippen LogP contribution in [0.3, 0.4) is 0 Å². The zero-order valence-corrected chi connectivity index (χ0v) is 34.5. The molecule has 0 spiro atoms. The maximum Gasteiger partial charge on any atom is 0.305 e. The second-order valence-corrected chi connectivity index (χ2v) is 16.6. The summed E-state index contributed by atoms with van der Waals surface area (Å²) in [5.41, 5.74) is 4.63. The van der Waals surface area contributed by atoms with E-state index in [1.54, 1.807) is 27.7 Å². The van der Waals surface area contributed by atoms with E-state index in [-0.39, 0.29) is 80.0 Å². The monoisotopic (exact) mass is 770 g/mol. The highest BCUT2D eigenvalue weighted by Gasteiger charge is 2.33. The number of nitrogens with one attached hydrogen (secondary N) is 6. The van der Waals surface area contributed by atoms with Crippen LogP contribution in [0.5, 0.6) is 0 Å². The maximum absolute atomic E-state index is 13.2. The van der Waals surface area contributed by atoms with Crippen LogP contribution in [0.15, 0.2) is 0 Å². The lowest BCUT2D eigenvalue weighted by atomic mass is 9.94. The van der Waals surface area contributed by atoms with Gasteiger partial charge in [-0.1, -0.05) is 48.5 Å². The number of carboxylic acids is 1. The fourth-order valence-corrected chi connectivity index (χ4v) is 5.87. The molecule has 0 fully saturated rings. The molecule has 0 bridgehead atoms. The summed E-state index contributed by atoms with van der Waals surface area (Å²) < 4.78 is 0. The van der Waals surface area contributed by atoms with Gasteiger partial charge in [0.2, 0.25) is 35.4 Å². The second-order valence-electron chi connectivity index (χ2n) is 16.6. The van der Waals surface area contributed by atoms with Gasteiger partial charge in [-0.15, -0.1) is 0 Å². The van der Waals surface area contributed by atoms with Gasteiger partial charge in [0.1, 0.15) is 0 Å². The zero-order chi connectivity index (χ0) is 41.9. The summed E-state index contributed by atoms with van der Waals surface area (Å²) in [7, 11) is 0. The number of aliphatic hydroxyl groups excluding tert-OH is 1. The third-order valence-electron chi connectivity index (χ3n) is 9.05. The third-order valence-corrected chi connectivity index (χ3v) is 9.05. The Bertz CT molecular complexity index is 1250. The molecule has 0 aromatic rings. The van der Waals surface area contributed by atoms with Crippen molar-refractivity contribution in [2.24, 2.45) is 29.4 Å². The van der Waals surface area contributed by atoms with E-state index in [1.165, 1.54) is 6.92 Å². The highest BCUT2D eigenvalue weighted by Crippen LogP contribution is 2.15. The van der Waals surface area contributed by atoms with Gasteiger partial charge in [-0.2, -0.15) is 0 Å². The Balaban J connectivity index is 5.15. The van der Waals surface area contributed by atoms with Crippen molar-refractivity contribution in [2.75, 3.05) is 6.61 Å². The van der Waals surface area contributed by atoms with Gasteiger partial charge in [0.05, 0.1) is 30.9 Å². The first-order chi connectivity index (χ1) is 24.9. The predicted octanol–water partition coefficient (Wildman–Crippen LogP) is 1.47. The van der Waals surface area contributed by atoms with Gasteiger partial charge in [0, 0.05) is 61.9 Å². The van der Waals surface area contributed by atoms with Gasteiger partial charge in [-0.3, -0.25) is 33.6 Å². The minimum atomic E-state index is -1.35. The summed E-state index contributed by atoms with van der Waals surface area (Å²) >= 11 is 0. The molecule has 0 aliphatic rings. The summed E-state index contributed by atoms with van der Waals surface area (Å²) in [4.78, 5) is 88.1. The number of rotatable bonds is 26. The summed E-state index contributed by atoms with van der Waals surface area (Å²) in [5, 5.41) is 35.9. The van der Waals surface area contributed by atoms with Crippen LogP contribution < -0.4 is 37.6 Å². The number of aliphatic carboxylic acids is 1. The van der Waals surface area contributed by atoms with Crippen LogP contribution in [-0.4, -0.2) is 100 Å². The van der Waals surface area contributed by atoms with Crippen molar-refractivity contribution in [2.45, 2.75) is 169 Å². The van der Waals surface area contributed by atoms with Gasteiger partial charge in [-0.25, -0.2) is 0 Å². The van der Waals surface area contributed by atoms with E-state index >= 15 is 0 Å². The van der Waals surface area contributed by atoms with Crippen molar-refractivity contribution in [3.05, 3.63) is 0 Å². The molecule has 0 aromatic carbocycles. The molecule has 0 saturated carbocycles. The van der Waals surface area contributed by atoms with Crippen LogP contribution in [0.25, 0.3) is 0 Å². The summed E-state index contributed by atoms with van der Waals surface area (Å²) in [6, 6.07) is -2.99. The SMILES string of the molecule is CC(C)C[C@@H](CC(=O)O)NC(=O)C[C@H](C)NC(=O)C[C@@](C)(CO)NC(=O)[C@@H](C)[C@H](C)NC(=O)C[C@H](CC(C)C)NC(=O)C[C@H](C)NC(=O)C[C@H](N)C(C)C. The summed E-state index contributed by atoms with van der Waals surface area (Å²) in [6.45, 7) is 19.2. The summed E-state index contributed by atoms with van der Waals surface area (Å²) in [6.07, 6.45) is 0.556. The molecule has 0 radical (unpaired) electrons. The van der Waals surface area contributed by atoms with Crippen molar-refractivity contribution in [1.82, 2.24) is 31.9 Å². The fraction of sp³-hybridized carbons (Fsp3) is 0.816. The van der Waals surface area contributed by atoms with E-state index < -0.39 is 72.0 Å². The Morgan fingerprint density at radius 1 is 0.593 bits per heavy atom. The van der Waals surface area contributed by atoms with E-state index in [9.17, 15) is 38.7 Å². The number of nitrogens with two attached hydrogens (primary N) is 1.